The standard InChI is InChI=1S/C15H14ClNO/c1-11-4-3-5-14(18-2)15(11)17-10-12-6-8-13(16)9-7-12/h3-10H,1-2H3. The van der Waals surface area contributed by atoms with Crippen LogP contribution in [-0.2, 0) is 0 Å². The van der Waals surface area contributed by atoms with E-state index in [1.54, 1.807) is 13.3 Å². The third-order valence-electron chi connectivity index (χ3n) is 2.63. The molecule has 0 N–H and O–H groups in total. The zero-order chi connectivity index (χ0) is 13.0. The van der Waals surface area contributed by atoms with Crippen LogP contribution in [-0.4, -0.2) is 13.3 Å². The van der Waals surface area contributed by atoms with Crippen molar-refractivity contribution in [1.82, 2.24) is 0 Å². The second kappa shape index (κ2) is 5.69. The Hall–Kier alpha value is -1.80. The molecule has 0 fully saturated rings. The van der Waals surface area contributed by atoms with Gasteiger partial charge in [-0.3, -0.25) is 4.99 Å². The number of nitrogens with zero attached hydrogens (tertiary/aromatic N) is 1. The number of aliphatic imine (C=N–C) groups is 1. The fraction of sp³-hybridized carbons (Fsp3) is 0.133. The second-order valence-corrected chi connectivity index (χ2v) is 4.37. The van der Waals surface area contributed by atoms with E-state index >= 15 is 0 Å². The number of hydrogen-bond donors (Lipinski definition) is 0. The maximum absolute atomic E-state index is 5.84. The van der Waals surface area contributed by atoms with Gasteiger partial charge in [-0.1, -0.05) is 35.9 Å². The van der Waals surface area contributed by atoms with Crippen molar-refractivity contribution in [2.24, 2.45) is 4.99 Å². The topological polar surface area (TPSA) is 21.6 Å². The van der Waals surface area contributed by atoms with Crippen molar-refractivity contribution < 1.29 is 4.74 Å². The second-order valence-electron chi connectivity index (χ2n) is 3.94. The van der Waals surface area contributed by atoms with E-state index in [0.29, 0.717) is 0 Å². The normalized spacial score (nSPS) is 10.8. The van der Waals surface area contributed by atoms with E-state index in [9.17, 15) is 0 Å². The molecule has 0 heterocycles. The van der Waals surface area contributed by atoms with Crippen LogP contribution in [0.1, 0.15) is 11.1 Å². The molecule has 2 aromatic rings. The van der Waals surface area contributed by atoms with Crippen molar-refractivity contribution in [1.29, 1.82) is 0 Å². The zero-order valence-electron chi connectivity index (χ0n) is 10.4. The van der Waals surface area contributed by atoms with Crippen molar-refractivity contribution >= 4 is 23.5 Å². The van der Waals surface area contributed by atoms with Gasteiger partial charge in [0.1, 0.15) is 11.4 Å². The summed E-state index contributed by atoms with van der Waals surface area (Å²) in [6, 6.07) is 13.4. The molecule has 92 valence electrons. The molecule has 0 saturated carbocycles. The van der Waals surface area contributed by atoms with Crippen molar-refractivity contribution in [3.05, 3.63) is 58.6 Å². The minimum Gasteiger partial charge on any atom is -0.494 e. The largest absolute Gasteiger partial charge is 0.494 e. The Morgan fingerprint density at radius 1 is 1.11 bits per heavy atom. The average Bonchev–Trinajstić information content (AvgIpc) is 2.39. The van der Waals surface area contributed by atoms with E-state index in [1.165, 1.54) is 0 Å². The van der Waals surface area contributed by atoms with Gasteiger partial charge in [0.25, 0.3) is 0 Å². The van der Waals surface area contributed by atoms with E-state index in [1.807, 2.05) is 49.4 Å². The van der Waals surface area contributed by atoms with Gasteiger partial charge in [0, 0.05) is 11.2 Å². The summed E-state index contributed by atoms with van der Waals surface area (Å²) in [7, 11) is 1.65. The minimum absolute atomic E-state index is 0.723. The predicted octanol–water partition coefficient (Wildman–Crippen LogP) is 4.41. The summed E-state index contributed by atoms with van der Waals surface area (Å²) in [5.41, 5.74) is 2.94. The number of para-hydroxylation sites is 1. The van der Waals surface area contributed by atoms with Crippen LogP contribution >= 0.6 is 11.6 Å². The summed E-state index contributed by atoms with van der Waals surface area (Å²) in [5, 5.41) is 0.723. The molecule has 0 aromatic heterocycles. The van der Waals surface area contributed by atoms with Crippen LogP contribution in [0.3, 0.4) is 0 Å². The highest BCUT2D eigenvalue weighted by molar-refractivity contribution is 6.30. The van der Waals surface area contributed by atoms with Crippen molar-refractivity contribution in [3.63, 3.8) is 0 Å². The minimum atomic E-state index is 0.723. The number of hydrogen-bond acceptors (Lipinski definition) is 2. The molecule has 18 heavy (non-hydrogen) atoms. The van der Waals surface area contributed by atoms with Crippen molar-refractivity contribution in [3.8, 4) is 5.75 Å². The quantitative estimate of drug-likeness (QED) is 0.749. The monoisotopic (exact) mass is 259 g/mol. The smallest absolute Gasteiger partial charge is 0.144 e. The highest BCUT2D eigenvalue weighted by Gasteiger charge is 2.03. The first-order chi connectivity index (χ1) is 8.70. The summed E-state index contributed by atoms with van der Waals surface area (Å²) in [6.45, 7) is 2.01. The third kappa shape index (κ3) is 2.90. The van der Waals surface area contributed by atoms with Gasteiger partial charge in [0.05, 0.1) is 7.11 Å². The first-order valence-corrected chi connectivity index (χ1v) is 6.02. The molecule has 2 aromatic carbocycles. The highest BCUT2D eigenvalue weighted by atomic mass is 35.5. The Bertz CT molecular complexity index is 561. The molecule has 0 aliphatic carbocycles. The molecule has 0 amide bonds. The fourth-order valence-corrected chi connectivity index (χ4v) is 1.78. The lowest BCUT2D eigenvalue weighted by molar-refractivity contribution is 0.416. The fourth-order valence-electron chi connectivity index (χ4n) is 1.65. The maximum atomic E-state index is 5.84. The molecule has 0 atom stereocenters. The first-order valence-electron chi connectivity index (χ1n) is 5.64. The van der Waals surface area contributed by atoms with Gasteiger partial charge in [-0.05, 0) is 36.2 Å². The molecular formula is C15H14ClNO. The van der Waals surface area contributed by atoms with Crippen LogP contribution < -0.4 is 4.74 Å². The zero-order valence-corrected chi connectivity index (χ0v) is 11.1. The summed E-state index contributed by atoms with van der Waals surface area (Å²) in [6.07, 6.45) is 1.81. The van der Waals surface area contributed by atoms with Gasteiger partial charge in [-0.15, -0.1) is 0 Å². The van der Waals surface area contributed by atoms with Crippen LogP contribution in [0.4, 0.5) is 5.69 Å². The maximum Gasteiger partial charge on any atom is 0.144 e. The van der Waals surface area contributed by atoms with E-state index in [2.05, 4.69) is 4.99 Å². The van der Waals surface area contributed by atoms with Crippen LogP contribution in [0, 0.1) is 6.92 Å². The molecule has 0 unspecified atom stereocenters. The average molecular weight is 260 g/mol. The van der Waals surface area contributed by atoms with Gasteiger partial charge in [-0.2, -0.15) is 0 Å². The molecule has 0 spiro atoms. The lowest BCUT2D eigenvalue weighted by Crippen LogP contribution is -1.86. The van der Waals surface area contributed by atoms with Crippen LogP contribution in [0.5, 0.6) is 5.75 Å². The van der Waals surface area contributed by atoms with Crippen LogP contribution in [0.25, 0.3) is 0 Å². The molecule has 0 bridgehead atoms. The molecule has 2 rings (SSSR count). The molecule has 0 radical (unpaired) electrons. The molecule has 0 saturated heterocycles. The number of benzene rings is 2. The Kier molecular flexibility index (Phi) is 4.00. The first kappa shape index (κ1) is 12.7. The SMILES string of the molecule is COc1cccc(C)c1N=Cc1ccc(Cl)cc1. The molecule has 0 aliphatic heterocycles. The predicted molar refractivity (Wildman–Crippen MR) is 76.4 cm³/mol. The van der Waals surface area contributed by atoms with Crippen molar-refractivity contribution in [2.75, 3.05) is 7.11 Å². The Morgan fingerprint density at radius 3 is 2.50 bits per heavy atom. The van der Waals surface area contributed by atoms with Gasteiger partial charge < -0.3 is 4.74 Å². The third-order valence-corrected chi connectivity index (χ3v) is 2.89. The van der Waals surface area contributed by atoms with Gasteiger partial charge in [0.2, 0.25) is 0 Å². The van der Waals surface area contributed by atoms with E-state index < -0.39 is 0 Å². The Labute approximate surface area is 112 Å². The van der Waals surface area contributed by atoms with Gasteiger partial charge in [0.15, 0.2) is 0 Å². The number of methoxy groups -OCH3 is 1. The van der Waals surface area contributed by atoms with Crippen LogP contribution in [0.15, 0.2) is 47.5 Å². The lowest BCUT2D eigenvalue weighted by Gasteiger charge is -2.06. The Morgan fingerprint density at radius 2 is 1.83 bits per heavy atom. The summed E-state index contributed by atoms with van der Waals surface area (Å²) in [4.78, 5) is 4.48. The van der Waals surface area contributed by atoms with E-state index in [4.69, 9.17) is 16.3 Å². The summed E-state index contributed by atoms with van der Waals surface area (Å²) >= 11 is 5.84. The molecule has 2 nitrogen and oxygen atoms in total. The number of halogens is 1. The number of aryl methyl sites for hydroxylation is 1. The van der Waals surface area contributed by atoms with Gasteiger partial charge in [-0.25, -0.2) is 0 Å². The summed E-state index contributed by atoms with van der Waals surface area (Å²) < 4.78 is 5.30. The van der Waals surface area contributed by atoms with E-state index in [0.717, 1.165) is 27.6 Å². The van der Waals surface area contributed by atoms with Crippen molar-refractivity contribution in [2.45, 2.75) is 6.92 Å². The molecular weight excluding hydrogens is 246 g/mol. The summed E-state index contributed by atoms with van der Waals surface area (Å²) in [5.74, 6) is 0.778. The molecule has 3 heteroatoms. The number of ether oxygens (including phenoxy) is 1. The Balaban J connectivity index is 2.31. The number of rotatable bonds is 3. The lowest BCUT2D eigenvalue weighted by atomic mass is 10.2. The van der Waals surface area contributed by atoms with Crippen LogP contribution in [0.2, 0.25) is 5.02 Å². The van der Waals surface area contributed by atoms with E-state index in [-0.39, 0.29) is 0 Å². The highest BCUT2D eigenvalue weighted by Crippen LogP contribution is 2.30. The molecule has 0 aliphatic rings. The van der Waals surface area contributed by atoms with Gasteiger partial charge >= 0.3 is 0 Å².